The molecule has 0 atom stereocenters. The molecule has 1 amide bonds. The molecule has 0 bridgehead atoms. The monoisotopic (exact) mass is 269 g/mol. The summed E-state index contributed by atoms with van der Waals surface area (Å²) in [5.74, 6) is -0.717. The van der Waals surface area contributed by atoms with E-state index in [1.807, 2.05) is 0 Å². The third-order valence-electron chi connectivity index (χ3n) is 2.32. The number of carbonyl (C=O) groups is 2. The van der Waals surface area contributed by atoms with Crippen LogP contribution in [-0.2, 0) is 9.53 Å². The van der Waals surface area contributed by atoms with Crippen molar-refractivity contribution in [1.29, 1.82) is 0 Å². The number of halogens is 1. The van der Waals surface area contributed by atoms with Gasteiger partial charge in [-0.2, -0.15) is 0 Å². The Balaban J connectivity index is 3.11. The first-order valence-electron chi connectivity index (χ1n) is 5.45. The highest BCUT2D eigenvalue weighted by Crippen LogP contribution is 2.24. The topological polar surface area (TPSA) is 55.4 Å². The van der Waals surface area contributed by atoms with Gasteiger partial charge in [0.05, 0.1) is 18.4 Å². The molecule has 0 saturated heterocycles. The number of amides is 1. The van der Waals surface area contributed by atoms with Crippen LogP contribution in [0.15, 0.2) is 18.2 Å². The van der Waals surface area contributed by atoms with Crippen LogP contribution in [0.25, 0.3) is 0 Å². The van der Waals surface area contributed by atoms with Gasteiger partial charge >= 0.3 is 5.97 Å². The van der Waals surface area contributed by atoms with E-state index in [1.54, 1.807) is 26.8 Å². The lowest BCUT2D eigenvalue weighted by Gasteiger charge is -2.19. The fourth-order valence-corrected chi connectivity index (χ4v) is 1.39. The van der Waals surface area contributed by atoms with Crippen molar-refractivity contribution in [3.8, 4) is 0 Å². The minimum Gasteiger partial charge on any atom is -0.465 e. The largest absolute Gasteiger partial charge is 0.465 e. The maximum absolute atomic E-state index is 11.9. The number of rotatable bonds is 2. The van der Waals surface area contributed by atoms with E-state index in [9.17, 15) is 9.59 Å². The molecule has 1 rings (SSSR count). The van der Waals surface area contributed by atoms with Gasteiger partial charge in [0, 0.05) is 10.4 Å². The van der Waals surface area contributed by atoms with Crippen LogP contribution in [0.1, 0.15) is 31.1 Å². The number of esters is 1. The number of anilines is 1. The van der Waals surface area contributed by atoms with Gasteiger partial charge in [-0.1, -0.05) is 32.4 Å². The first-order chi connectivity index (χ1) is 8.25. The van der Waals surface area contributed by atoms with E-state index in [2.05, 4.69) is 10.1 Å². The zero-order valence-electron chi connectivity index (χ0n) is 10.8. The van der Waals surface area contributed by atoms with Gasteiger partial charge in [-0.25, -0.2) is 4.79 Å². The highest BCUT2D eigenvalue weighted by atomic mass is 35.5. The van der Waals surface area contributed by atoms with Crippen molar-refractivity contribution in [2.75, 3.05) is 12.4 Å². The third kappa shape index (κ3) is 3.47. The average molecular weight is 270 g/mol. The van der Waals surface area contributed by atoms with Crippen LogP contribution in [0.5, 0.6) is 0 Å². The average Bonchev–Trinajstić information content (AvgIpc) is 2.27. The number of ether oxygens (including phenoxy) is 1. The molecule has 1 aromatic rings. The number of methoxy groups -OCH3 is 1. The minimum absolute atomic E-state index is 0.199. The molecule has 0 aliphatic carbocycles. The Bertz CT molecular complexity index is 478. The van der Waals surface area contributed by atoms with Crippen molar-refractivity contribution in [2.24, 2.45) is 5.41 Å². The lowest BCUT2D eigenvalue weighted by Crippen LogP contribution is -2.28. The second kappa shape index (κ2) is 5.40. The summed E-state index contributed by atoms with van der Waals surface area (Å²) in [6.45, 7) is 5.35. The molecule has 1 N–H and O–H groups in total. The fourth-order valence-electron chi connectivity index (χ4n) is 1.22. The lowest BCUT2D eigenvalue weighted by atomic mass is 9.95. The van der Waals surface area contributed by atoms with Crippen LogP contribution in [0.3, 0.4) is 0 Å². The molecule has 0 aromatic heterocycles. The third-order valence-corrected chi connectivity index (χ3v) is 2.55. The molecule has 5 heteroatoms. The quantitative estimate of drug-likeness (QED) is 0.840. The summed E-state index contributed by atoms with van der Waals surface area (Å²) in [5, 5.41) is 3.12. The summed E-state index contributed by atoms with van der Waals surface area (Å²) in [4.78, 5) is 23.5. The van der Waals surface area contributed by atoms with Gasteiger partial charge in [0.15, 0.2) is 0 Å². The van der Waals surface area contributed by atoms with Gasteiger partial charge in [-0.3, -0.25) is 4.79 Å². The van der Waals surface area contributed by atoms with Crippen LogP contribution < -0.4 is 5.32 Å². The first kappa shape index (κ1) is 14.5. The van der Waals surface area contributed by atoms with E-state index < -0.39 is 11.4 Å². The zero-order valence-corrected chi connectivity index (χ0v) is 11.6. The van der Waals surface area contributed by atoms with Crippen molar-refractivity contribution < 1.29 is 14.3 Å². The Morgan fingerprint density at radius 1 is 1.28 bits per heavy atom. The second-order valence-electron chi connectivity index (χ2n) is 4.89. The van der Waals surface area contributed by atoms with Gasteiger partial charge in [0.25, 0.3) is 0 Å². The van der Waals surface area contributed by atoms with Crippen molar-refractivity contribution in [3.05, 3.63) is 28.8 Å². The summed E-state index contributed by atoms with van der Waals surface area (Å²) < 4.78 is 4.65. The second-order valence-corrected chi connectivity index (χ2v) is 5.32. The first-order valence-corrected chi connectivity index (χ1v) is 5.83. The molecule has 0 radical (unpaired) electrons. The molecule has 98 valence electrons. The summed E-state index contributed by atoms with van der Waals surface area (Å²) in [7, 11) is 1.28. The maximum atomic E-state index is 11.9. The highest BCUT2D eigenvalue weighted by Gasteiger charge is 2.23. The lowest BCUT2D eigenvalue weighted by molar-refractivity contribution is -0.123. The predicted octanol–water partition coefficient (Wildman–Crippen LogP) is 3.11. The van der Waals surface area contributed by atoms with E-state index in [-0.39, 0.29) is 11.5 Å². The fraction of sp³-hybridized carbons (Fsp3) is 0.385. The molecular formula is C13H16ClNO3. The van der Waals surface area contributed by atoms with Crippen molar-refractivity contribution in [1.82, 2.24) is 0 Å². The summed E-state index contributed by atoms with van der Waals surface area (Å²) >= 11 is 5.86. The normalized spacial score (nSPS) is 10.9. The van der Waals surface area contributed by atoms with Crippen LogP contribution in [0.4, 0.5) is 5.69 Å². The number of nitrogens with one attached hydrogen (secondary N) is 1. The molecule has 1 aromatic carbocycles. The van der Waals surface area contributed by atoms with E-state index in [1.165, 1.54) is 19.2 Å². The Labute approximate surface area is 111 Å². The summed E-state index contributed by atoms with van der Waals surface area (Å²) in [6, 6.07) is 4.62. The molecule has 18 heavy (non-hydrogen) atoms. The van der Waals surface area contributed by atoms with Crippen molar-refractivity contribution >= 4 is 29.2 Å². The van der Waals surface area contributed by atoms with Gasteiger partial charge in [0.2, 0.25) is 5.91 Å². The molecule has 0 heterocycles. The Morgan fingerprint density at radius 2 is 1.89 bits per heavy atom. The van der Waals surface area contributed by atoms with Crippen LogP contribution in [0, 0.1) is 5.41 Å². The summed E-state index contributed by atoms with van der Waals surface area (Å²) in [5.41, 5.74) is 0.0733. The minimum atomic E-state index is -0.560. The standard InChI is InChI=1S/C13H16ClNO3/c1-13(2,3)12(17)15-10-7-8(14)5-6-9(10)11(16)18-4/h5-7H,1-4H3,(H,15,17). The summed E-state index contributed by atoms with van der Waals surface area (Å²) in [6.07, 6.45) is 0. The van der Waals surface area contributed by atoms with Gasteiger partial charge < -0.3 is 10.1 Å². The molecule has 4 nitrogen and oxygen atoms in total. The number of carbonyl (C=O) groups excluding carboxylic acids is 2. The Kier molecular flexibility index (Phi) is 4.35. The van der Waals surface area contributed by atoms with E-state index in [0.29, 0.717) is 10.7 Å². The molecule has 0 saturated carbocycles. The molecule has 0 fully saturated rings. The number of hydrogen-bond donors (Lipinski definition) is 1. The van der Waals surface area contributed by atoms with Gasteiger partial charge in [-0.15, -0.1) is 0 Å². The molecule has 0 aliphatic heterocycles. The molecule has 0 aliphatic rings. The molecular weight excluding hydrogens is 254 g/mol. The Morgan fingerprint density at radius 3 is 2.39 bits per heavy atom. The Hall–Kier alpha value is -1.55. The zero-order chi connectivity index (χ0) is 13.9. The van der Waals surface area contributed by atoms with Crippen molar-refractivity contribution in [3.63, 3.8) is 0 Å². The van der Waals surface area contributed by atoms with E-state index >= 15 is 0 Å². The smallest absolute Gasteiger partial charge is 0.339 e. The number of hydrogen-bond acceptors (Lipinski definition) is 3. The van der Waals surface area contributed by atoms with Crippen LogP contribution >= 0.6 is 11.6 Å². The highest BCUT2D eigenvalue weighted by molar-refractivity contribution is 6.31. The molecule has 0 unspecified atom stereocenters. The van der Waals surface area contributed by atoms with E-state index in [4.69, 9.17) is 11.6 Å². The van der Waals surface area contributed by atoms with Gasteiger partial charge in [0.1, 0.15) is 0 Å². The van der Waals surface area contributed by atoms with Crippen molar-refractivity contribution in [2.45, 2.75) is 20.8 Å². The van der Waals surface area contributed by atoms with Crippen LogP contribution in [-0.4, -0.2) is 19.0 Å². The van der Waals surface area contributed by atoms with E-state index in [0.717, 1.165) is 0 Å². The maximum Gasteiger partial charge on any atom is 0.339 e. The number of benzene rings is 1. The SMILES string of the molecule is COC(=O)c1ccc(Cl)cc1NC(=O)C(C)(C)C. The molecule has 0 spiro atoms. The van der Waals surface area contributed by atoms with Gasteiger partial charge in [-0.05, 0) is 18.2 Å². The predicted molar refractivity (Wildman–Crippen MR) is 70.9 cm³/mol. The van der Waals surface area contributed by atoms with Crippen LogP contribution in [0.2, 0.25) is 5.02 Å².